The summed E-state index contributed by atoms with van der Waals surface area (Å²) in [5.74, 6) is 0.502. The van der Waals surface area contributed by atoms with Crippen LogP contribution in [0.2, 0.25) is 0 Å². The van der Waals surface area contributed by atoms with Gasteiger partial charge in [0.1, 0.15) is 11.7 Å². The van der Waals surface area contributed by atoms with Crippen LogP contribution >= 0.6 is 0 Å². The molecule has 2 rings (SSSR count). The van der Waals surface area contributed by atoms with E-state index in [-0.39, 0.29) is 18.6 Å². The zero-order chi connectivity index (χ0) is 16.9. The van der Waals surface area contributed by atoms with Gasteiger partial charge in [0.25, 0.3) is 0 Å². The van der Waals surface area contributed by atoms with Crippen LogP contribution in [0, 0.1) is 5.92 Å². The number of rotatable bonds is 6. The Hall–Kier alpha value is -1.39. The van der Waals surface area contributed by atoms with Gasteiger partial charge in [0.2, 0.25) is 5.91 Å². The minimum Gasteiger partial charge on any atom is -0.384 e. The molecule has 1 aliphatic carbocycles. The molecule has 4 heteroatoms. The summed E-state index contributed by atoms with van der Waals surface area (Å²) in [6, 6.07) is 9.37. The molecule has 0 spiro atoms. The molecule has 128 valence electrons. The van der Waals surface area contributed by atoms with Crippen molar-refractivity contribution in [2.24, 2.45) is 5.92 Å². The highest BCUT2D eigenvalue weighted by molar-refractivity contribution is 5.80. The van der Waals surface area contributed by atoms with Gasteiger partial charge < -0.3 is 15.2 Å². The fraction of sp³-hybridized carbons (Fsp3) is 0.632. The first kappa shape index (κ1) is 18.0. The van der Waals surface area contributed by atoms with Crippen molar-refractivity contribution < 1.29 is 14.6 Å². The molecular formula is C19H29NO3. The molecule has 0 bridgehead atoms. The topological polar surface area (TPSA) is 58.6 Å². The van der Waals surface area contributed by atoms with Crippen LogP contribution in [0.1, 0.15) is 52.0 Å². The maximum atomic E-state index is 12.2. The lowest BCUT2D eigenvalue weighted by atomic mass is 9.88. The number of hydrogen-bond acceptors (Lipinski definition) is 3. The van der Waals surface area contributed by atoms with Gasteiger partial charge in [-0.3, -0.25) is 4.79 Å². The van der Waals surface area contributed by atoms with E-state index in [2.05, 4.69) is 12.2 Å². The van der Waals surface area contributed by atoms with Crippen LogP contribution in [0.25, 0.3) is 0 Å². The zero-order valence-corrected chi connectivity index (χ0v) is 14.4. The maximum Gasteiger partial charge on any atom is 0.248 e. The zero-order valence-electron chi connectivity index (χ0n) is 14.4. The third kappa shape index (κ3) is 5.33. The molecule has 1 saturated carbocycles. The van der Waals surface area contributed by atoms with Crippen molar-refractivity contribution >= 4 is 5.91 Å². The second kappa shape index (κ2) is 7.93. The summed E-state index contributed by atoms with van der Waals surface area (Å²) in [6.07, 6.45) is 4.16. The molecular weight excluding hydrogens is 290 g/mol. The van der Waals surface area contributed by atoms with E-state index >= 15 is 0 Å². The predicted molar refractivity (Wildman–Crippen MR) is 91.0 cm³/mol. The lowest BCUT2D eigenvalue weighted by Crippen LogP contribution is -2.44. The molecule has 1 amide bonds. The van der Waals surface area contributed by atoms with Gasteiger partial charge in [0, 0.05) is 0 Å². The first-order valence-electron chi connectivity index (χ1n) is 8.59. The molecule has 1 aromatic rings. The number of aliphatic hydroxyl groups is 1. The highest BCUT2D eigenvalue weighted by atomic mass is 16.5. The van der Waals surface area contributed by atoms with Gasteiger partial charge >= 0.3 is 0 Å². The van der Waals surface area contributed by atoms with E-state index in [1.54, 1.807) is 13.8 Å². The van der Waals surface area contributed by atoms with E-state index in [0.717, 1.165) is 18.4 Å². The molecule has 4 nitrogen and oxygen atoms in total. The van der Waals surface area contributed by atoms with Crippen LogP contribution in [0.15, 0.2) is 30.3 Å². The minimum absolute atomic E-state index is 0.167. The van der Waals surface area contributed by atoms with E-state index in [1.807, 2.05) is 30.3 Å². The largest absolute Gasteiger partial charge is 0.384 e. The summed E-state index contributed by atoms with van der Waals surface area (Å²) in [7, 11) is 0. The van der Waals surface area contributed by atoms with Crippen LogP contribution in [0.3, 0.4) is 0 Å². The van der Waals surface area contributed by atoms with Crippen molar-refractivity contribution in [3.8, 4) is 0 Å². The summed E-state index contributed by atoms with van der Waals surface area (Å²) in [5, 5.41) is 13.3. The Bertz CT molecular complexity index is 501. The van der Waals surface area contributed by atoms with Crippen LogP contribution in [0.4, 0.5) is 0 Å². The van der Waals surface area contributed by atoms with E-state index in [9.17, 15) is 9.90 Å². The number of carbonyl (C=O) groups is 1. The van der Waals surface area contributed by atoms with Gasteiger partial charge in [-0.2, -0.15) is 0 Å². The fourth-order valence-corrected chi connectivity index (χ4v) is 3.15. The second-order valence-corrected chi connectivity index (χ2v) is 7.03. The molecule has 0 heterocycles. The van der Waals surface area contributed by atoms with Gasteiger partial charge in [-0.05, 0) is 38.2 Å². The summed E-state index contributed by atoms with van der Waals surface area (Å²) in [4.78, 5) is 12.2. The van der Waals surface area contributed by atoms with Crippen molar-refractivity contribution in [3.63, 3.8) is 0 Å². The quantitative estimate of drug-likeness (QED) is 0.847. The SMILES string of the molecule is CC1CCCC(OC(C)C(=O)NCC(C)(O)c2ccccc2)C1. The molecule has 4 unspecified atom stereocenters. The van der Waals surface area contributed by atoms with Gasteiger partial charge in [0.05, 0.1) is 12.6 Å². The normalized spacial score (nSPS) is 25.4. The van der Waals surface area contributed by atoms with E-state index in [4.69, 9.17) is 4.74 Å². The first-order valence-corrected chi connectivity index (χ1v) is 8.59. The standard InChI is InChI=1S/C19H29NO3/c1-14-8-7-11-17(12-14)23-15(2)18(21)20-13-19(3,22)16-9-5-4-6-10-16/h4-6,9-10,14-15,17,22H,7-8,11-13H2,1-3H3,(H,20,21). The van der Waals surface area contributed by atoms with Crippen molar-refractivity contribution in [2.75, 3.05) is 6.54 Å². The summed E-state index contributed by atoms with van der Waals surface area (Å²) in [6.45, 7) is 5.89. The van der Waals surface area contributed by atoms with Crippen LogP contribution in [-0.4, -0.2) is 29.8 Å². The Morgan fingerprint density at radius 2 is 2.09 bits per heavy atom. The van der Waals surface area contributed by atoms with Gasteiger partial charge in [-0.25, -0.2) is 0 Å². The number of carbonyl (C=O) groups excluding carboxylic acids is 1. The molecule has 0 aromatic heterocycles. The number of hydrogen-bond donors (Lipinski definition) is 2. The fourth-order valence-electron chi connectivity index (χ4n) is 3.15. The highest BCUT2D eigenvalue weighted by Gasteiger charge is 2.27. The highest BCUT2D eigenvalue weighted by Crippen LogP contribution is 2.26. The average molecular weight is 319 g/mol. The average Bonchev–Trinajstić information content (AvgIpc) is 2.53. The van der Waals surface area contributed by atoms with E-state index < -0.39 is 11.7 Å². The second-order valence-electron chi connectivity index (χ2n) is 7.03. The molecule has 4 atom stereocenters. The lowest BCUT2D eigenvalue weighted by Gasteiger charge is -2.30. The van der Waals surface area contributed by atoms with Crippen LogP contribution < -0.4 is 5.32 Å². The maximum absolute atomic E-state index is 12.2. The number of amides is 1. The van der Waals surface area contributed by atoms with Crippen molar-refractivity contribution in [3.05, 3.63) is 35.9 Å². The summed E-state index contributed by atoms with van der Waals surface area (Å²) in [5.41, 5.74) is -0.300. The van der Waals surface area contributed by atoms with Crippen molar-refractivity contribution in [1.29, 1.82) is 0 Å². The molecule has 0 radical (unpaired) electrons. The summed E-state index contributed by atoms with van der Waals surface area (Å²) >= 11 is 0. The number of ether oxygens (including phenoxy) is 1. The molecule has 0 saturated heterocycles. The Kier molecular flexibility index (Phi) is 6.19. The minimum atomic E-state index is -1.09. The van der Waals surface area contributed by atoms with Gasteiger partial charge in [-0.15, -0.1) is 0 Å². The molecule has 0 aliphatic heterocycles. The Balaban J connectivity index is 1.81. The van der Waals surface area contributed by atoms with Crippen molar-refractivity contribution in [2.45, 2.75) is 64.3 Å². The van der Waals surface area contributed by atoms with Crippen LogP contribution in [-0.2, 0) is 15.1 Å². The smallest absolute Gasteiger partial charge is 0.248 e. The first-order chi connectivity index (χ1) is 10.9. The Morgan fingerprint density at radius 1 is 1.39 bits per heavy atom. The molecule has 2 N–H and O–H groups in total. The molecule has 1 fully saturated rings. The number of benzene rings is 1. The Morgan fingerprint density at radius 3 is 2.74 bits per heavy atom. The molecule has 23 heavy (non-hydrogen) atoms. The lowest BCUT2D eigenvalue weighted by molar-refractivity contribution is -0.138. The van der Waals surface area contributed by atoms with Gasteiger partial charge in [0.15, 0.2) is 0 Å². The third-order valence-electron chi connectivity index (χ3n) is 4.66. The predicted octanol–water partition coefficient (Wildman–Crippen LogP) is 2.99. The van der Waals surface area contributed by atoms with E-state index in [1.165, 1.54) is 12.8 Å². The summed E-state index contributed by atoms with van der Waals surface area (Å²) < 4.78 is 5.90. The van der Waals surface area contributed by atoms with Crippen LogP contribution in [0.5, 0.6) is 0 Å². The monoisotopic (exact) mass is 319 g/mol. The Labute approximate surface area is 139 Å². The molecule has 1 aliphatic rings. The van der Waals surface area contributed by atoms with Crippen molar-refractivity contribution in [1.82, 2.24) is 5.32 Å². The number of nitrogens with one attached hydrogen (secondary N) is 1. The molecule has 1 aromatic carbocycles. The van der Waals surface area contributed by atoms with Gasteiger partial charge in [-0.1, -0.05) is 50.1 Å². The third-order valence-corrected chi connectivity index (χ3v) is 4.66. The van der Waals surface area contributed by atoms with E-state index in [0.29, 0.717) is 5.92 Å².